The molecule has 118 valence electrons. The lowest BCUT2D eigenvalue weighted by molar-refractivity contribution is -0.144. The maximum atomic E-state index is 12.1. The maximum Gasteiger partial charge on any atom is 0.390 e. The van der Waals surface area contributed by atoms with Crippen LogP contribution in [0.15, 0.2) is 15.9 Å². The van der Waals surface area contributed by atoms with E-state index in [1.165, 1.54) is 25.3 Å². The summed E-state index contributed by atoms with van der Waals surface area (Å²) in [5.41, 5.74) is 0. The summed E-state index contributed by atoms with van der Waals surface area (Å²) in [7, 11) is 1.28. The van der Waals surface area contributed by atoms with Gasteiger partial charge in [0, 0.05) is 13.6 Å². The Labute approximate surface area is 132 Å². The van der Waals surface area contributed by atoms with Crippen LogP contribution in [0.2, 0.25) is 0 Å². The van der Waals surface area contributed by atoms with Gasteiger partial charge >= 0.3 is 6.18 Å². The van der Waals surface area contributed by atoms with Gasteiger partial charge in [0.25, 0.3) is 5.91 Å². The van der Waals surface area contributed by atoms with Crippen molar-refractivity contribution in [3.05, 3.63) is 20.8 Å². The minimum absolute atomic E-state index is 0.416. The molecule has 0 aliphatic heterocycles. The molecule has 1 aromatic rings. The zero-order valence-corrected chi connectivity index (χ0v) is 13.7. The van der Waals surface area contributed by atoms with Crippen LogP contribution < -0.4 is 5.32 Å². The second-order valence-corrected chi connectivity index (χ2v) is 6.89. The Hall–Kier alpha value is -1.09. The molecule has 1 rings (SSSR count). The SMILES string of the molecule is CC(NC(=O)c1ccc(Br)s1)C(=O)N(C)CCC(F)(F)F. The Morgan fingerprint density at radius 2 is 2.05 bits per heavy atom. The smallest absolute Gasteiger partial charge is 0.344 e. The Morgan fingerprint density at radius 3 is 2.52 bits per heavy atom. The van der Waals surface area contributed by atoms with Gasteiger partial charge in [0.1, 0.15) is 6.04 Å². The van der Waals surface area contributed by atoms with Crippen molar-refractivity contribution in [2.45, 2.75) is 25.6 Å². The lowest BCUT2D eigenvalue weighted by Crippen LogP contribution is -2.46. The van der Waals surface area contributed by atoms with E-state index in [4.69, 9.17) is 0 Å². The summed E-state index contributed by atoms with van der Waals surface area (Å²) in [6.07, 6.45) is -5.39. The van der Waals surface area contributed by atoms with E-state index in [-0.39, 0.29) is 0 Å². The van der Waals surface area contributed by atoms with Crippen LogP contribution in [0.25, 0.3) is 0 Å². The molecule has 2 amide bonds. The van der Waals surface area contributed by atoms with Gasteiger partial charge in [-0.15, -0.1) is 11.3 Å². The highest BCUT2D eigenvalue weighted by Gasteiger charge is 2.29. The number of hydrogen-bond donors (Lipinski definition) is 1. The van der Waals surface area contributed by atoms with E-state index in [9.17, 15) is 22.8 Å². The molecular formula is C12H14BrF3N2O2S. The van der Waals surface area contributed by atoms with Gasteiger partial charge in [-0.2, -0.15) is 13.2 Å². The van der Waals surface area contributed by atoms with Crippen LogP contribution in [-0.4, -0.2) is 42.5 Å². The third-order valence-electron chi connectivity index (χ3n) is 2.62. The molecule has 1 N–H and O–H groups in total. The summed E-state index contributed by atoms with van der Waals surface area (Å²) in [5.74, 6) is -1.00. The van der Waals surface area contributed by atoms with Crippen LogP contribution in [0.1, 0.15) is 23.0 Å². The van der Waals surface area contributed by atoms with Crippen molar-refractivity contribution in [2.24, 2.45) is 0 Å². The summed E-state index contributed by atoms with van der Waals surface area (Å²) >= 11 is 4.42. The van der Waals surface area contributed by atoms with Gasteiger partial charge in [0.15, 0.2) is 0 Å². The molecule has 0 saturated carbocycles. The number of rotatable bonds is 5. The van der Waals surface area contributed by atoms with Crippen molar-refractivity contribution in [1.29, 1.82) is 0 Å². The van der Waals surface area contributed by atoms with Crippen molar-refractivity contribution in [2.75, 3.05) is 13.6 Å². The number of carbonyl (C=O) groups is 2. The summed E-state index contributed by atoms with van der Waals surface area (Å²) < 4.78 is 37.1. The van der Waals surface area contributed by atoms with E-state index in [1.807, 2.05) is 0 Å². The highest BCUT2D eigenvalue weighted by atomic mass is 79.9. The second kappa shape index (κ2) is 7.26. The van der Waals surface area contributed by atoms with Crippen LogP contribution in [-0.2, 0) is 4.79 Å². The van der Waals surface area contributed by atoms with Crippen LogP contribution in [0, 0.1) is 0 Å². The molecular weight excluding hydrogens is 373 g/mol. The molecule has 0 aromatic carbocycles. The van der Waals surface area contributed by atoms with E-state index < -0.39 is 37.0 Å². The number of amides is 2. The average molecular weight is 387 g/mol. The van der Waals surface area contributed by atoms with E-state index in [0.717, 1.165) is 8.69 Å². The fraction of sp³-hybridized carbons (Fsp3) is 0.500. The van der Waals surface area contributed by atoms with Crippen LogP contribution in [0.3, 0.4) is 0 Å². The largest absolute Gasteiger partial charge is 0.390 e. The summed E-state index contributed by atoms with van der Waals surface area (Å²) in [5, 5.41) is 2.47. The van der Waals surface area contributed by atoms with E-state index in [1.54, 1.807) is 12.1 Å². The number of thiophene rings is 1. The van der Waals surface area contributed by atoms with E-state index >= 15 is 0 Å². The molecule has 0 fully saturated rings. The fourth-order valence-corrected chi connectivity index (χ4v) is 2.79. The molecule has 0 saturated heterocycles. The highest BCUT2D eigenvalue weighted by molar-refractivity contribution is 9.11. The first kappa shape index (κ1) is 18.0. The third kappa shape index (κ3) is 6.04. The van der Waals surface area contributed by atoms with Crippen LogP contribution in [0.5, 0.6) is 0 Å². The Balaban J connectivity index is 2.52. The molecule has 9 heteroatoms. The number of hydrogen-bond acceptors (Lipinski definition) is 3. The van der Waals surface area contributed by atoms with Gasteiger partial charge < -0.3 is 10.2 Å². The molecule has 4 nitrogen and oxygen atoms in total. The first-order valence-electron chi connectivity index (χ1n) is 5.98. The molecule has 1 unspecified atom stereocenters. The summed E-state index contributed by atoms with van der Waals surface area (Å²) in [6, 6.07) is 2.40. The number of nitrogens with zero attached hydrogens (tertiary/aromatic N) is 1. The minimum atomic E-state index is -4.32. The number of alkyl halides is 3. The Kier molecular flexibility index (Phi) is 6.21. The van der Waals surface area contributed by atoms with Gasteiger partial charge in [0.2, 0.25) is 5.91 Å². The lowest BCUT2D eigenvalue weighted by atomic mass is 10.2. The maximum absolute atomic E-state index is 12.1. The normalized spacial score (nSPS) is 12.9. The first-order chi connectivity index (χ1) is 9.60. The minimum Gasteiger partial charge on any atom is -0.344 e. The quantitative estimate of drug-likeness (QED) is 0.845. The monoisotopic (exact) mass is 386 g/mol. The Bertz CT molecular complexity index is 519. The van der Waals surface area contributed by atoms with Gasteiger partial charge in [0.05, 0.1) is 15.1 Å². The lowest BCUT2D eigenvalue weighted by Gasteiger charge is -2.22. The molecule has 0 aliphatic carbocycles. The van der Waals surface area contributed by atoms with Crippen LogP contribution in [0.4, 0.5) is 13.2 Å². The molecule has 1 atom stereocenters. The molecule has 0 spiro atoms. The standard InChI is InChI=1S/C12H14BrF3N2O2S/c1-7(11(20)18(2)6-5-12(14,15)16)17-10(19)8-3-4-9(13)21-8/h3-4,7H,5-6H2,1-2H3,(H,17,19). The number of halogens is 4. The van der Waals surface area contributed by atoms with Crippen molar-refractivity contribution >= 4 is 39.1 Å². The summed E-state index contributed by atoms with van der Waals surface area (Å²) in [6.45, 7) is 1.00. The molecule has 21 heavy (non-hydrogen) atoms. The number of nitrogens with one attached hydrogen (secondary N) is 1. The zero-order chi connectivity index (χ0) is 16.2. The number of carbonyl (C=O) groups excluding carboxylic acids is 2. The zero-order valence-electron chi connectivity index (χ0n) is 11.3. The van der Waals surface area contributed by atoms with Gasteiger partial charge in [-0.3, -0.25) is 9.59 Å². The summed E-state index contributed by atoms with van der Waals surface area (Å²) in [4.78, 5) is 25.1. The molecule has 1 heterocycles. The predicted octanol–water partition coefficient (Wildman–Crippen LogP) is 3.04. The second-order valence-electron chi connectivity index (χ2n) is 4.42. The molecule has 0 radical (unpaired) electrons. The first-order valence-corrected chi connectivity index (χ1v) is 7.59. The van der Waals surface area contributed by atoms with Crippen molar-refractivity contribution in [1.82, 2.24) is 10.2 Å². The van der Waals surface area contributed by atoms with Crippen LogP contribution >= 0.6 is 27.3 Å². The fourth-order valence-electron chi connectivity index (χ4n) is 1.50. The molecule has 0 aliphatic rings. The topological polar surface area (TPSA) is 49.4 Å². The predicted molar refractivity (Wildman–Crippen MR) is 77.3 cm³/mol. The Morgan fingerprint density at radius 1 is 1.43 bits per heavy atom. The molecule has 1 aromatic heterocycles. The van der Waals surface area contributed by atoms with Crippen molar-refractivity contribution in [3.8, 4) is 0 Å². The van der Waals surface area contributed by atoms with E-state index in [0.29, 0.717) is 4.88 Å². The number of likely N-dealkylation sites (N-methyl/N-ethyl adjacent to an activating group) is 1. The van der Waals surface area contributed by atoms with Crippen molar-refractivity contribution < 1.29 is 22.8 Å². The van der Waals surface area contributed by atoms with Crippen molar-refractivity contribution in [3.63, 3.8) is 0 Å². The van der Waals surface area contributed by atoms with Gasteiger partial charge in [-0.25, -0.2) is 0 Å². The van der Waals surface area contributed by atoms with Gasteiger partial charge in [-0.05, 0) is 35.0 Å². The van der Waals surface area contributed by atoms with Gasteiger partial charge in [-0.1, -0.05) is 0 Å². The average Bonchev–Trinajstić information content (AvgIpc) is 2.80. The third-order valence-corrected chi connectivity index (χ3v) is 4.24. The molecule has 0 bridgehead atoms. The van der Waals surface area contributed by atoms with E-state index in [2.05, 4.69) is 21.2 Å². The highest BCUT2D eigenvalue weighted by Crippen LogP contribution is 2.22.